The highest BCUT2D eigenvalue weighted by molar-refractivity contribution is 6.01. The van der Waals surface area contributed by atoms with E-state index in [1.54, 1.807) is 48.5 Å². The normalized spacial score (nSPS) is 19.6. The van der Waals surface area contributed by atoms with Crippen LogP contribution in [0.15, 0.2) is 72.5 Å². The Morgan fingerprint density at radius 3 is 2.66 bits per heavy atom. The van der Waals surface area contributed by atoms with Crippen LogP contribution in [0.25, 0.3) is 22.0 Å². The Morgan fingerprint density at radius 1 is 1.09 bits per heavy atom. The number of benzene rings is 2. The van der Waals surface area contributed by atoms with Crippen LogP contribution in [0.3, 0.4) is 0 Å². The van der Waals surface area contributed by atoms with Crippen molar-refractivity contribution in [2.75, 3.05) is 19.6 Å². The fourth-order valence-corrected chi connectivity index (χ4v) is 4.92. The molecule has 0 saturated carbocycles. The van der Waals surface area contributed by atoms with E-state index in [0.717, 1.165) is 25.9 Å². The molecular formula is C27H26F4N4. The maximum atomic E-state index is 14.4. The first kappa shape index (κ1) is 23.4. The van der Waals surface area contributed by atoms with Crippen LogP contribution >= 0.6 is 0 Å². The number of alkyl halides is 3. The van der Waals surface area contributed by atoms with Gasteiger partial charge in [-0.3, -0.25) is 5.10 Å². The molecule has 1 fully saturated rings. The number of hydrogen-bond acceptors (Lipinski definition) is 3. The van der Waals surface area contributed by atoms with Gasteiger partial charge in [-0.25, -0.2) is 0 Å². The maximum Gasteiger partial charge on any atom is 0.393 e. The molecule has 0 bridgehead atoms. The van der Waals surface area contributed by atoms with Gasteiger partial charge in [0, 0.05) is 25.3 Å². The molecule has 3 heterocycles. The molecule has 182 valence electrons. The summed E-state index contributed by atoms with van der Waals surface area (Å²) in [7, 11) is 0. The molecule has 0 radical (unpaired) electrons. The number of H-pyrrole nitrogens is 1. The van der Waals surface area contributed by atoms with Crippen molar-refractivity contribution in [3.8, 4) is 0 Å². The van der Waals surface area contributed by atoms with E-state index in [2.05, 4.69) is 20.4 Å². The number of fused-ring (bicyclic) bond motifs is 1. The lowest BCUT2D eigenvalue weighted by Crippen LogP contribution is -2.44. The second kappa shape index (κ2) is 9.70. The van der Waals surface area contributed by atoms with Gasteiger partial charge in [0.2, 0.25) is 5.95 Å². The number of nitrogens with one attached hydrogen (secondary N) is 2. The summed E-state index contributed by atoms with van der Waals surface area (Å²) in [6, 6.07) is 13.8. The third-order valence-corrected chi connectivity index (χ3v) is 6.54. The second-order valence-corrected chi connectivity index (χ2v) is 8.96. The van der Waals surface area contributed by atoms with Gasteiger partial charge in [0.15, 0.2) is 0 Å². The molecule has 1 aromatic heterocycles. The molecule has 0 spiro atoms. The van der Waals surface area contributed by atoms with E-state index < -0.39 is 18.5 Å². The van der Waals surface area contributed by atoms with E-state index >= 15 is 0 Å². The number of aromatic amines is 1. The SMILES string of the molecule is Fc1[nH]nc2ccc(/C(C3=CN([C@@H]4CCCNC4)CC=C3)=C(\CC(F)(F)F)c3ccccc3)cc12. The number of allylic oxidation sites excluding steroid dienone is 4. The second-order valence-electron chi connectivity index (χ2n) is 8.96. The summed E-state index contributed by atoms with van der Waals surface area (Å²) in [4.78, 5) is 2.19. The third-order valence-electron chi connectivity index (χ3n) is 6.54. The largest absolute Gasteiger partial charge is 0.393 e. The molecule has 2 aliphatic rings. The fourth-order valence-electron chi connectivity index (χ4n) is 4.92. The Labute approximate surface area is 201 Å². The number of halogens is 4. The lowest BCUT2D eigenvalue weighted by atomic mass is 9.86. The third kappa shape index (κ3) is 5.17. The molecule has 0 aliphatic carbocycles. The average Bonchev–Trinajstić information content (AvgIpc) is 3.24. The molecule has 2 aromatic carbocycles. The summed E-state index contributed by atoms with van der Waals surface area (Å²) >= 11 is 0. The molecule has 1 saturated heterocycles. The van der Waals surface area contributed by atoms with Gasteiger partial charge in [0.05, 0.1) is 17.3 Å². The quantitative estimate of drug-likeness (QED) is 0.343. The Kier molecular flexibility index (Phi) is 6.47. The minimum atomic E-state index is -4.42. The van der Waals surface area contributed by atoms with Gasteiger partial charge < -0.3 is 10.2 Å². The smallest absolute Gasteiger partial charge is 0.369 e. The topological polar surface area (TPSA) is 44.0 Å². The standard InChI is InChI=1S/C27H26F4N4/c28-26-22-14-19(10-11-24(22)33-34-26)25(23(15-27(29,30)31)18-6-2-1-3-7-18)20-8-5-13-35(17-20)21-9-4-12-32-16-21/h1-3,5-8,10-11,14,17,21,32H,4,9,12-13,15-16H2,(H,33,34)/b25-23-/t21-/m1/s1. The molecule has 2 N–H and O–H groups in total. The summed E-state index contributed by atoms with van der Waals surface area (Å²) in [5, 5.41) is 9.89. The zero-order valence-electron chi connectivity index (χ0n) is 19.1. The van der Waals surface area contributed by atoms with Gasteiger partial charge >= 0.3 is 6.18 Å². The number of rotatable bonds is 5. The molecule has 8 heteroatoms. The molecule has 0 unspecified atom stereocenters. The minimum absolute atomic E-state index is 0.154. The van der Waals surface area contributed by atoms with E-state index in [0.29, 0.717) is 34.3 Å². The lowest BCUT2D eigenvalue weighted by Gasteiger charge is -2.35. The highest BCUT2D eigenvalue weighted by Gasteiger charge is 2.32. The average molecular weight is 483 g/mol. The number of aromatic nitrogens is 2. The number of nitrogens with zero attached hydrogens (tertiary/aromatic N) is 2. The molecule has 5 rings (SSSR count). The Hall–Kier alpha value is -3.39. The van der Waals surface area contributed by atoms with Crippen molar-refractivity contribution in [1.82, 2.24) is 20.4 Å². The lowest BCUT2D eigenvalue weighted by molar-refractivity contribution is -0.122. The zero-order chi connectivity index (χ0) is 24.4. The first-order chi connectivity index (χ1) is 16.9. The Bertz CT molecular complexity index is 1280. The molecule has 4 nitrogen and oxygen atoms in total. The summed E-state index contributed by atoms with van der Waals surface area (Å²) in [6.07, 6.45) is 2.36. The Morgan fingerprint density at radius 2 is 1.91 bits per heavy atom. The van der Waals surface area contributed by atoms with Crippen molar-refractivity contribution < 1.29 is 17.6 Å². The zero-order valence-corrected chi connectivity index (χ0v) is 19.1. The number of hydrogen-bond donors (Lipinski definition) is 2. The van der Waals surface area contributed by atoms with Crippen molar-refractivity contribution in [3.63, 3.8) is 0 Å². The Balaban J connectivity index is 1.72. The van der Waals surface area contributed by atoms with Crippen molar-refractivity contribution in [2.45, 2.75) is 31.5 Å². The summed E-state index contributed by atoms with van der Waals surface area (Å²) in [5.74, 6) is -0.610. The van der Waals surface area contributed by atoms with Crippen LogP contribution in [0.4, 0.5) is 17.6 Å². The first-order valence-corrected chi connectivity index (χ1v) is 11.7. The predicted octanol–water partition coefficient (Wildman–Crippen LogP) is 6.07. The van der Waals surface area contributed by atoms with Gasteiger partial charge in [-0.05, 0) is 59.4 Å². The highest BCUT2D eigenvalue weighted by Crippen LogP contribution is 2.41. The van der Waals surface area contributed by atoms with E-state index in [-0.39, 0.29) is 17.0 Å². The van der Waals surface area contributed by atoms with Crippen LogP contribution in [0.2, 0.25) is 0 Å². The van der Waals surface area contributed by atoms with Gasteiger partial charge in [0.25, 0.3) is 0 Å². The van der Waals surface area contributed by atoms with Crippen molar-refractivity contribution >= 4 is 22.0 Å². The van der Waals surface area contributed by atoms with Crippen LogP contribution in [0, 0.1) is 5.95 Å². The highest BCUT2D eigenvalue weighted by atomic mass is 19.4. The monoisotopic (exact) mass is 482 g/mol. The van der Waals surface area contributed by atoms with Gasteiger partial charge in [0.1, 0.15) is 0 Å². The summed E-state index contributed by atoms with van der Waals surface area (Å²) in [6.45, 7) is 2.50. The predicted molar refractivity (Wildman–Crippen MR) is 130 cm³/mol. The van der Waals surface area contributed by atoms with Crippen LogP contribution < -0.4 is 5.32 Å². The van der Waals surface area contributed by atoms with Gasteiger partial charge in [-0.1, -0.05) is 48.6 Å². The molecule has 0 amide bonds. The van der Waals surface area contributed by atoms with Crippen molar-refractivity contribution in [2.24, 2.45) is 0 Å². The van der Waals surface area contributed by atoms with E-state index in [4.69, 9.17) is 0 Å². The van der Waals surface area contributed by atoms with Crippen LogP contribution in [0.1, 0.15) is 30.4 Å². The molecule has 2 aliphatic heterocycles. The van der Waals surface area contributed by atoms with Crippen LogP contribution in [-0.4, -0.2) is 46.9 Å². The van der Waals surface area contributed by atoms with Gasteiger partial charge in [-0.15, -0.1) is 0 Å². The first-order valence-electron chi connectivity index (χ1n) is 11.7. The molecular weight excluding hydrogens is 456 g/mol. The molecule has 1 atom stereocenters. The number of piperidine rings is 1. The maximum absolute atomic E-state index is 14.4. The summed E-state index contributed by atoms with van der Waals surface area (Å²) < 4.78 is 56.1. The van der Waals surface area contributed by atoms with Crippen LogP contribution in [0.5, 0.6) is 0 Å². The van der Waals surface area contributed by atoms with Crippen molar-refractivity contribution in [1.29, 1.82) is 0 Å². The van der Waals surface area contributed by atoms with E-state index in [9.17, 15) is 17.6 Å². The van der Waals surface area contributed by atoms with E-state index in [1.807, 2.05) is 18.4 Å². The van der Waals surface area contributed by atoms with Crippen LogP contribution in [-0.2, 0) is 0 Å². The van der Waals surface area contributed by atoms with E-state index in [1.165, 1.54) is 0 Å². The minimum Gasteiger partial charge on any atom is -0.369 e. The fraction of sp³-hybridized carbons (Fsp3) is 0.296. The van der Waals surface area contributed by atoms with Crippen molar-refractivity contribution in [3.05, 3.63) is 89.5 Å². The molecule has 35 heavy (non-hydrogen) atoms. The summed E-state index contributed by atoms with van der Waals surface area (Å²) in [5.41, 5.74) is 2.69. The van der Waals surface area contributed by atoms with Gasteiger partial charge in [-0.2, -0.15) is 22.7 Å². The molecule has 3 aromatic rings.